The van der Waals surface area contributed by atoms with Gasteiger partial charge in [-0.25, -0.2) is 0 Å². The van der Waals surface area contributed by atoms with Crippen molar-refractivity contribution in [2.24, 2.45) is 11.7 Å². The highest BCUT2D eigenvalue weighted by molar-refractivity contribution is 6.33. The quantitative estimate of drug-likeness (QED) is 0.918. The minimum atomic E-state index is 0.134. The number of hydrogen-bond acceptors (Lipinski definition) is 2. The lowest BCUT2D eigenvalue weighted by Gasteiger charge is -2.27. The summed E-state index contributed by atoms with van der Waals surface area (Å²) in [5, 5.41) is 1.46. The van der Waals surface area contributed by atoms with Gasteiger partial charge in [0.2, 0.25) is 0 Å². The van der Waals surface area contributed by atoms with E-state index in [1.165, 1.54) is 0 Å². The van der Waals surface area contributed by atoms with Crippen molar-refractivity contribution in [2.45, 2.75) is 25.3 Å². The fourth-order valence-electron chi connectivity index (χ4n) is 2.26. The Bertz CT molecular complexity index is 378. The van der Waals surface area contributed by atoms with Gasteiger partial charge in [-0.2, -0.15) is 0 Å². The molecule has 1 aliphatic rings. The summed E-state index contributed by atoms with van der Waals surface area (Å²) in [5.74, 6) is 0.527. The molecule has 1 heterocycles. The predicted octanol–water partition coefficient (Wildman–Crippen LogP) is 3.29. The maximum atomic E-state index is 6.24. The second kappa shape index (κ2) is 6.05. The lowest BCUT2D eigenvalue weighted by Crippen LogP contribution is -2.36. The van der Waals surface area contributed by atoms with Gasteiger partial charge in [0.15, 0.2) is 0 Å². The van der Waals surface area contributed by atoms with Crippen molar-refractivity contribution in [1.82, 2.24) is 0 Å². The molecule has 2 N–H and O–H groups in total. The molecule has 1 saturated heterocycles. The number of ether oxygens (including phenoxy) is 1. The summed E-state index contributed by atoms with van der Waals surface area (Å²) in [6.07, 6.45) is 2.86. The summed E-state index contributed by atoms with van der Waals surface area (Å²) in [5.41, 5.74) is 7.28. The third kappa shape index (κ3) is 3.59. The van der Waals surface area contributed by atoms with Crippen LogP contribution in [0.5, 0.6) is 0 Å². The minimum absolute atomic E-state index is 0.134. The molecule has 0 radical (unpaired) electrons. The molecule has 0 bridgehead atoms. The highest BCUT2D eigenvalue weighted by Gasteiger charge is 2.21. The van der Waals surface area contributed by atoms with Crippen LogP contribution in [0.15, 0.2) is 18.2 Å². The maximum absolute atomic E-state index is 6.24. The van der Waals surface area contributed by atoms with Crippen LogP contribution in [0.3, 0.4) is 0 Å². The van der Waals surface area contributed by atoms with Crippen LogP contribution >= 0.6 is 23.2 Å². The molecule has 0 aromatic heterocycles. The van der Waals surface area contributed by atoms with Crippen LogP contribution in [-0.4, -0.2) is 19.3 Å². The number of nitrogens with two attached hydrogens (primary N) is 1. The van der Waals surface area contributed by atoms with Crippen LogP contribution in [0.25, 0.3) is 0 Å². The van der Waals surface area contributed by atoms with E-state index in [9.17, 15) is 0 Å². The molecule has 0 amide bonds. The average Bonchev–Trinajstić information content (AvgIpc) is 2.35. The van der Waals surface area contributed by atoms with E-state index in [1.54, 1.807) is 6.07 Å². The van der Waals surface area contributed by atoms with Crippen molar-refractivity contribution < 1.29 is 4.74 Å². The normalized spacial score (nSPS) is 19.2. The van der Waals surface area contributed by atoms with E-state index in [2.05, 4.69) is 0 Å². The molecule has 17 heavy (non-hydrogen) atoms. The summed E-state index contributed by atoms with van der Waals surface area (Å²) in [7, 11) is 0. The Hall–Kier alpha value is -0.280. The van der Waals surface area contributed by atoms with E-state index < -0.39 is 0 Å². The first-order valence-corrected chi connectivity index (χ1v) is 6.69. The Morgan fingerprint density at radius 2 is 2.00 bits per heavy atom. The molecule has 1 atom stereocenters. The zero-order chi connectivity index (χ0) is 12.3. The molecule has 2 rings (SSSR count). The highest BCUT2D eigenvalue weighted by Crippen LogP contribution is 2.25. The van der Waals surface area contributed by atoms with Crippen molar-refractivity contribution in [3.05, 3.63) is 33.8 Å². The van der Waals surface area contributed by atoms with Gasteiger partial charge < -0.3 is 10.5 Å². The van der Waals surface area contributed by atoms with Gasteiger partial charge in [-0.1, -0.05) is 23.2 Å². The summed E-state index contributed by atoms with van der Waals surface area (Å²) < 4.78 is 5.34. The van der Waals surface area contributed by atoms with Gasteiger partial charge in [0.25, 0.3) is 0 Å². The van der Waals surface area contributed by atoms with Gasteiger partial charge in [0, 0.05) is 29.3 Å². The molecule has 2 nitrogen and oxygen atoms in total. The minimum Gasteiger partial charge on any atom is -0.381 e. The van der Waals surface area contributed by atoms with Crippen molar-refractivity contribution >= 4 is 23.2 Å². The fourth-order valence-corrected chi connectivity index (χ4v) is 2.65. The van der Waals surface area contributed by atoms with Crippen molar-refractivity contribution in [3.8, 4) is 0 Å². The second-order valence-electron chi connectivity index (χ2n) is 4.55. The van der Waals surface area contributed by atoms with Gasteiger partial charge in [-0.05, 0) is 48.9 Å². The third-order valence-electron chi connectivity index (χ3n) is 3.33. The third-order valence-corrected chi connectivity index (χ3v) is 3.94. The van der Waals surface area contributed by atoms with E-state index >= 15 is 0 Å². The van der Waals surface area contributed by atoms with Gasteiger partial charge in [0.05, 0.1) is 0 Å². The largest absolute Gasteiger partial charge is 0.381 e. The maximum Gasteiger partial charge on any atom is 0.0469 e. The average molecular weight is 274 g/mol. The lowest BCUT2D eigenvalue weighted by atomic mass is 9.88. The zero-order valence-corrected chi connectivity index (χ0v) is 11.2. The highest BCUT2D eigenvalue weighted by atomic mass is 35.5. The molecule has 0 saturated carbocycles. The first-order valence-electron chi connectivity index (χ1n) is 5.94. The van der Waals surface area contributed by atoms with E-state index in [-0.39, 0.29) is 6.04 Å². The summed E-state index contributed by atoms with van der Waals surface area (Å²) in [6.45, 7) is 1.64. The Morgan fingerprint density at radius 1 is 1.29 bits per heavy atom. The molecular formula is C13H17Cl2NO. The Kier molecular flexibility index (Phi) is 4.69. The van der Waals surface area contributed by atoms with E-state index in [4.69, 9.17) is 33.7 Å². The molecule has 94 valence electrons. The summed E-state index contributed by atoms with van der Waals surface area (Å²) in [4.78, 5) is 0. The molecule has 1 unspecified atom stereocenters. The van der Waals surface area contributed by atoms with Gasteiger partial charge in [-0.3, -0.25) is 0 Å². The van der Waals surface area contributed by atoms with E-state index in [0.717, 1.165) is 43.1 Å². The molecule has 4 heteroatoms. The standard InChI is InChI=1S/C13H17Cl2NO/c14-11-1-2-12(15)10(7-11)8-13(16)9-3-5-17-6-4-9/h1-2,7,9,13H,3-6,8,16H2. The molecule has 1 aliphatic heterocycles. The van der Waals surface area contributed by atoms with Crippen molar-refractivity contribution in [1.29, 1.82) is 0 Å². The van der Waals surface area contributed by atoms with Crippen LogP contribution in [-0.2, 0) is 11.2 Å². The molecule has 1 aromatic carbocycles. The Labute approximate surface area is 112 Å². The fraction of sp³-hybridized carbons (Fsp3) is 0.538. The number of hydrogen-bond donors (Lipinski definition) is 1. The molecule has 0 spiro atoms. The van der Waals surface area contributed by atoms with Crippen LogP contribution in [0, 0.1) is 5.92 Å². The van der Waals surface area contributed by atoms with Crippen LogP contribution in [0.4, 0.5) is 0 Å². The van der Waals surface area contributed by atoms with Gasteiger partial charge >= 0.3 is 0 Å². The van der Waals surface area contributed by atoms with Crippen molar-refractivity contribution in [3.63, 3.8) is 0 Å². The SMILES string of the molecule is NC(Cc1cc(Cl)ccc1Cl)C1CCOCC1. The first-order chi connectivity index (χ1) is 8.16. The first kappa shape index (κ1) is 13.2. The van der Waals surface area contributed by atoms with Gasteiger partial charge in [0.1, 0.15) is 0 Å². The second-order valence-corrected chi connectivity index (χ2v) is 5.40. The summed E-state index contributed by atoms with van der Waals surface area (Å²) >= 11 is 12.1. The zero-order valence-electron chi connectivity index (χ0n) is 9.66. The van der Waals surface area contributed by atoms with Crippen LogP contribution in [0.2, 0.25) is 10.0 Å². The topological polar surface area (TPSA) is 35.2 Å². The number of halogens is 2. The van der Waals surface area contributed by atoms with Crippen LogP contribution in [0.1, 0.15) is 18.4 Å². The smallest absolute Gasteiger partial charge is 0.0469 e. The van der Waals surface area contributed by atoms with E-state index in [0.29, 0.717) is 10.9 Å². The monoisotopic (exact) mass is 273 g/mol. The predicted molar refractivity (Wildman–Crippen MR) is 71.7 cm³/mol. The lowest BCUT2D eigenvalue weighted by molar-refractivity contribution is 0.0585. The molecule has 0 aliphatic carbocycles. The van der Waals surface area contributed by atoms with Gasteiger partial charge in [-0.15, -0.1) is 0 Å². The Morgan fingerprint density at radius 3 is 2.71 bits per heavy atom. The number of rotatable bonds is 3. The molecular weight excluding hydrogens is 257 g/mol. The summed E-state index contributed by atoms with van der Waals surface area (Å²) in [6, 6.07) is 5.67. The van der Waals surface area contributed by atoms with E-state index in [1.807, 2.05) is 12.1 Å². The van der Waals surface area contributed by atoms with Crippen molar-refractivity contribution in [2.75, 3.05) is 13.2 Å². The van der Waals surface area contributed by atoms with Crippen LogP contribution < -0.4 is 5.73 Å². The Balaban J connectivity index is 2.01. The number of benzene rings is 1. The molecule has 1 fully saturated rings. The molecule has 1 aromatic rings.